The lowest BCUT2D eigenvalue weighted by Gasteiger charge is -2.33. The van der Waals surface area contributed by atoms with Crippen molar-refractivity contribution in [3.8, 4) is 0 Å². The minimum Gasteiger partial charge on any atom is -0.381 e. The number of carbonyl (C=O) groups is 1. The highest BCUT2D eigenvalue weighted by Gasteiger charge is 2.25. The number of piperidine rings is 1. The van der Waals surface area contributed by atoms with E-state index in [0.29, 0.717) is 13.1 Å². The van der Waals surface area contributed by atoms with E-state index in [0.717, 1.165) is 30.7 Å². The molecule has 0 aliphatic carbocycles. The molecule has 0 bridgehead atoms. The smallest absolute Gasteiger partial charge is 0.254 e. The first-order valence-corrected chi connectivity index (χ1v) is 7.79. The van der Waals surface area contributed by atoms with E-state index >= 15 is 0 Å². The molecule has 1 aliphatic rings. The normalized spacial score (nSPS) is 17.6. The van der Waals surface area contributed by atoms with E-state index < -0.39 is 11.6 Å². The van der Waals surface area contributed by atoms with E-state index in [1.165, 1.54) is 18.2 Å². The van der Waals surface area contributed by atoms with E-state index in [1.54, 1.807) is 17.0 Å². The largest absolute Gasteiger partial charge is 0.381 e. The van der Waals surface area contributed by atoms with Crippen molar-refractivity contribution in [1.29, 1.82) is 0 Å². The van der Waals surface area contributed by atoms with Crippen molar-refractivity contribution >= 4 is 11.6 Å². The molecule has 1 saturated heterocycles. The first-order valence-electron chi connectivity index (χ1n) is 7.79. The summed E-state index contributed by atoms with van der Waals surface area (Å²) in [6, 6.07) is 9.23. The van der Waals surface area contributed by atoms with Crippen molar-refractivity contribution in [2.75, 3.05) is 18.4 Å². The highest BCUT2D eigenvalue weighted by atomic mass is 19.2. The summed E-state index contributed by atoms with van der Waals surface area (Å²) in [5.74, 6) is -2.63. The first kappa shape index (κ1) is 16.4. The second kappa shape index (κ2) is 6.95. The Morgan fingerprint density at radius 1 is 1.04 bits per heavy atom. The molecule has 2 aromatic rings. The van der Waals surface area contributed by atoms with Crippen LogP contribution >= 0.6 is 0 Å². The van der Waals surface area contributed by atoms with Crippen molar-refractivity contribution in [3.05, 3.63) is 65.5 Å². The Morgan fingerprint density at radius 3 is 2.50 bits per heavy atom. The molecule has 0 saturated carbocycles. The lowest BCUT2D eigenvalue weighted by Crippen LogP contribution is -2.45. The molecule has 1 atom stereocenters. The number of hydrogen-bond donors (Lipinski definition) is 1. The summed E-state index contributed by atoms with van der Waals surface area (Å²) in [5.41, 5.74) is 0.917. The number of likely N-dealkylation sites (tertiary alicyclic amines) is 1. The van der Waals surface area contributed by atoms with Gasteiger partial charge in [-0.15, -0.1) is 0 Å². The molecule has 0 spiro atoms. The summed E-state index contributed by atoms with van der Waals surface area (Å²) >= 11 is 0. The molecule has 0 unspecified atom stereocenters. The number of benzene rings is 2. The fraction of sp³-hybridized carbons (Fsp3) is 0.278. The molecule has 1 heterocycles. The van der Waals surface area contributed by atoms with Gasteiger partial charge < -0.3 is 10.2 Å². The summed E-state index contributed by atoms with van der Waals surface area (Å²) in [6.07, 6.45) is 1.67. The van der Waals surface area contributed by atoms with Crippen LogP contribution in [-0.4, -0.2) is 29.9 Å². The van der Waals surface area contributed by atoms with Gasteiger partial charge in [-0.25, -0.2) is 13.2 Å². The van der Waals surface area contributed by atoms with Crippen LogP contribution in [0.25, 0.3) is 0 Å². The van der Waals surface area contributed by atoms with E-state index in [4.69, 9.17) is 0 Å². The van der Waals surface area contributed by atoms with Gasteiger partial charge in [0, 0.05) is 30.4 Å². The number of rotatable bonds is 3. The molecule has 1 amide bonds. The van der Waals surface area contributed by atoms with Gasteiger partial charge in [-0.3, -0.25) is 4.79 Å². The molecular formula is C18H17F3N2O. The van der Waals surface area contributed by atoms with E-state index in [-0.39, 0.29) is 23.3 Å². The topological polar surface area (TPSA) is 32.3 Å². The molecule has 6 heteroatoms. The highest BCUT2D eigenvalue weighted by Crippen LogP contribution is 2.19. The lowest BCUT2D eigenvalue weighted by atomic mass is 10.0. The van der Waals surface area contributed by atoms with Crippen LogP contribution in [0.1, 0.15) is 23.2 Å². The van der Waals surface area contributed by atoms with Crippen LogP contribution in [0.5, 0.6) is 0 Å². The van der Waals surface area contributed by atoms with Crippen LogP contribution in [0.2, 0.25) is 0 Å². The monoisotopic (exact) mass is 334 g/mol. The van der Waals surface area contributed by atoms with E-state index in [1.807, 2.05) is 0 Å². The molecule has 1 N–H and O–H groups in total. The van der Waals surface area contributed by atoms with Crippen LogP contribution < -0.4 is 5.32 Å². The zero-order valence-corrected chi connectivity index (χ0v) is 12.9. The van der Waals surface area contributed by atoms with Crippen LogP contribution in [0.15, 0.2) is 42.5 Å². The van der Waals surface area contributed by atoms with Gasteiger partial charge in [0.05, 0.1) is 0 Å². The first-order chi connectivity index (χ1) is 11.5. The molecule has 1 fully saturated rings. The van der Waals surface area contributed by atoms with E-state index in [2.05, 4.69) is 5.32 Å². The number of nitrogens with zero attached hydrogens (tertiary/aromatic N) is 1. The second-order valence-corrected chi connectivity index (χ2v) is 5.87. The zero-order chi connectivity index (χ0) is 17.1. The zero-order valence-electron chi connectivity index (χ0n) is 12.9. The molecule has 24 heavy (non-hydrogen) atoms. The van der Waals surface area contributed by atoms with Crippen molar-refractivity contribution in [3.63, 3.8) is 0 Å². The van der Waals surface area contributed by atoms with Crippen molar-refractivity contribution in [2.45, 2.75) is 18.9 Å². The maximum atomic E-state index is 13.3. The maximum absolute atomic E-state index is 13.3. The minimum absolute atomic E-state index is 0.0263. The van der Waals surface area contributed by atoms with Gasteiger partial charge in [-0.05, 0) is 55.3 Å². The number of halogens is 3. The quantitative estimate of drug-likeness (QED) is 0.925. The third-order valence-electron chi connectivity index (χ3n) is 4.09. The summed E-state index contributed by atoms with van der Waals surface area (Å²) in [5, 5.41) is 3.27. The average Bonchev–Trinajstić information content (AvgIpc) is 2.59. The predicted molar refractivity (Wildman–Crippen MR) is 85.3 cm³/mol. The Bertz CT molecular complexity index is 734. The molecule has 1 aliphatic heterocycles. The van der Waals surface area contributed by atoms with Crippen LogP contribution in [-0.2, 0) is 0 Å². The van der Waals surface area contributed by atoms with Crippen molar-refractivity contribution in [1.82, 2.24) is 4.90 Å². The third kappa shape index (κ3) is 3.69. The molecule has 2 aromatic carbocycles. The fourth-order valence-corrected chi connectivity index (χ4v) is 2.87. The Morgan fingerprint density at radius 2 is 1.79 bits per heavy atom. The molecule has 0 radical (unpaired) electrons. The standard InChI is InChI=1S/C18H17F3N2O/c19-13-4-6-14(7-5-13)22-15-2-1-9-23(11-15)18(24)12-3-8-16(20)17(21)10-12/h3-8,10,15,22H,1-2,9,11H2/t15-/m0/s1. The molecule has 126 valence electrons. The van der Waals surface area contributed by atoms with Gasteiger partial charge in [-0.2, -0.15) is 0 Å². The SMILES string of the molecule is O=C(c1ccc(F)c(F)c1)N1CCC[C@H](Nc2ccc(F)cc2)C1. The number of anilines is 1. The van der Waals surface area contributed by atoms with Gasteiger partial charge in [0.2, 0.25) is 0 Å². The van der Waals surface area contributed by atoms with Gasteiger partial charge in [0.25, 0.3) is 5.91 Å². The number of nitrogens with one attached hydrogen (secondary N) is 1. The minimum atomic E-state index is -1.03. The molecular weight excluding hydrogens is 317 g/mol. The van der Waals surface area contributed by atoms with Crippen molar-refractivity contribution < 1.29 is 18.0 Å². The number of hydrogen-bond acceptors (Lipinski definition) is 2. The van der Waals surface area contributed by atoms with Gasteiger partial charge in [-0.1, -0.05) is 0 Å². The van der Waals surface area contributed by atoms with Gasteiger partial charge >= 0.3 is 0 Å². The predicted octanol–water partition coefficient (Wildman–Crippen LogP) is 3.82. The summed E-state index contributed by atoms with van der Waals surface area (Å²) in [6.45, 7) is 1.02. The number of amides is 1. The van der Waals surface area contributed by atoms with Gasteiger partial charge in [0.15, 0.2) is 11.6 Å². The summed E-state index contributed by atoms with van der Waals surface area (Å²) < 4.78 is 39.3. The van der Waals surface area contributed by atoms with Crippen LogP contribution in [0.3, 0.4) is 0 Å². The Kier molecular flexibility index (Phi) is 4.74. The number of carbonyl (C=O) groups excluding carboxylic acids is 1. The molecule has 3 nitrogen and oxygen atoms in total. The Balaban J connectivity index is 1.67. The fourth-order valence-electron chi connectivity index (χ4n) is 2.87. The Labute approximate surface area is 138 Å². The third-order valence-corrected chi connectivity index (χ3v) is 4.09. The van der Waals surface area contributed by atoms with E-state index in [9.17, 15) is 18.0 Å². The Hall–Kier alpha value is -2.50. The second-order valence-electron chi connectivity index (χ2n) is 5.87. The summed E-state index contributed by atoms with van der Waals surface area (Å²) in [7, 11) is 0. The lowest BCUT2D eigenvalue weighted by molar-refractivity contribution is 0.0714. The van der Waals surface area contributed by atoms with Crippen LogP contribution in [0, 0.1) is 17.5 Å². The molecule has 3 rings (SSSR count). The summed E-state index contributed by atoms with van der Waals surface area (Å²) in [4.78, 5) is 14.1. The van der Waals surface area contributed by atoms with Gasteiger partial charge in [0.1, 0.15) is 5.82 Å². The molecule has 0 aromatic heterocycles. The van der Waals surface area contributed by atoms with Crippen molar-refractivity contribution in [2.24, 2.45) is 0 Å². The highest BCUT2D eigenvalue weighted by molar-refractivity contribution is 5.94. The maximum Gasteiger partial charge on any atom is 0.254 e. The van der Waals surface area contributed by atoms with Crippen LogP contribution in [0.4, 0.5) is 18.9 Å². The average molecular weight is 334 g/mol.